The Balaban J connectivity index is 2.21. The zero-order valence-electron chi connectivity index (χ0n) is 12.3. The number of nitrogens with two attached hydrogens (primary N) is 1. The second-order valence-electron chi connectivity index (χ2n) is 5.54. The van der Waals surface area contributed by atoms with E-state index < -0.39 is 0 Å². The van der Waals surface area contributed by atoms with Gasteiger partial charge in [-0.05, 0) is 19.3 Å². The molecule has 1 aromatic heterocycles. The van der Waals surface area contributed by atoms with Crippen LogP contribution in [0.2, 0.25) is 0 Å². The van der Waals surface area contributed by atoms with Crippen molar-refractivity contribution in [3.05, 3.63) is 36.4 Å². The zero-order chi connectivity index (χ0) is 14.5. The lowest BCUT2D eigenvalue weighted by molar-refractivity contribution is 0.539. The smallest absolute Gasteiger partial charge is 0.163 e. The van der Waals surface area contributed by atoms with E-state index in [9.17, 15) is 0 Å². The Labute approximate surface area is 120 Å². The van der Waals surface area contributed by atoms with Crippen LogP contribution >= 0.6 is 0 Å². The van der Waals surface area contributed by atoms with Gasteiger partial charge in [-0.3, -0.25) is 0 Å². The van der Waals surface area contributed by atoms with Crippen LogP contribution in [0.25, 0.3) is 11.4 Å². The lowest BCUT2D eigenvalue weighted by Crippen LogP contribution is -2.18. The maximum Gasteiger partial charge on any atom is 0.163 e. The van der Waals surface area contributed by atoms with Gasteiger partial charge in [-0.2, -0.15) is 0 Å². The molecule has 1 heterocycles. The summed E-state index contributed by atoms with van der Waals surface area (Å²) in [5, 5.41) is 3.39. The fourth-order valence-corrected chi connectivity index (χ4v) is 2.27. The number of rotatable bonds is 5. The molecule has 0 bridgehead atoms. The van der Waals surface area contributed by atoms with Gasteiger partial charge in [0.1, 0.15) is 11.6 Å². The molecule has 2 aromatic rings. The average molecular weight is 270 g/mol. The molecule has 0 radical (unpaired) electrons. The van der Waals surface area contributed by atoms with Crippen molar-refractivity contribution in [3.63, 3.8) is 0 Å². The first kappa shape index (κ1) is 14.3. The van der Waals surface area contributed by atoms with E-state index >= 15 is 0 Å². The van der Waals surface area contributed by atoms with Crippen molar-refractivity contribution in [3.8, 4) is 11.4 Å². The molecule has 4 heteroatoms. The third kappa shape index (κ3) is 3.95. The molecule has 1 unspecified atom stereocenters. The summed E-state index contributed by atoms with van der Waals surface area (Å²) in [5.74, 6) is 2.57. The third-order valence-electron chi connectivity index (χ3n) is 3.00. The van der Waals surface area contributed by atoms with Gasteiger partial charge in [-0.25, -0.2) is 9.97 Å². The SMILES string of the molecule is CC(C)CC(C)Nc1cc(N)nc(-c2ccccc2)n1. The van der Waals surface area contributed by atoms with E-state index in [4.69, 9.17) is 5.73 Å². The van der Waals surface area contributed by atoms with E-state index in [1.807, 2.05) is 30.3 Å². The summed E-state index contributed by atoms with van der Waals surface area (Å²) in [5.41, 5.74) is 6.85. The van der Waals surface area contributed by atoms with E-state index in [0.717, 1.165) is 17.8 Å². The van der Waals surface area contributed by atoms with Crippen LogP contribution in [-0.4, -0.2) is 16.0 Å². The number of aromatic nitrogens is 2. The molecule has 20 heavy (non-hydrogen) atoms. The number of hydrogen-bond donors (Lipinski definition) is 2. The summed E-state index contributed by atoms with van der Waals surface area (Å²) in [7, 11) is 0. The predicted octanol–water partition coefficient (Wildman–Crippen LogP) is 3.57. The van der Waals surface area contributed by atoms with E-state index in [0.29, 0.717) is 23.6 Å². The molecule has 0 aliphatic heterocycles. The fraction of sp³-hybridized carbons (Fsp3) is 0.375. The third-order valence-corrected chi connectivity index (χ3v) is 3.00. The van der Waals surface area contributed by atoms with Crippen LogP contribution in [-0.2, 0) is 0 Å². The molecular weight excluding hydrogens is 248 g/mol. The van der Waals surface area contributed by atoms with Gasteiger partial charge in [0, 0.05) is 17.7 Å². The summed E-state index contributed by atoms with van der Waals surface area (Å²) in [6.45, 7) is 6.57. The molecule has 106 valence electrons. The minimum absolute atomic E-state index is 0.355. The fourth-order valence-electron chi connectivity index (χ4n) is 2.27. The molecule has 0 saturated heterocycles. The second kappa shape index (κ2) is 6.37. The first-order valence-corrected chi connectivity index (χ1v) is 7.01. The van der Waals surface area contributed by atoms with Crippen LogP contribution in [0.5, 0.6) is 0 Å². The van der Waals surface area contributed by atoms with Gasteiger partial charge in [-0.15, -0.1) is 0 Å². The Morgan fingerprint density at radius 1 is 1.10 bits per heavy atom. The molecule has 4 nitrogen and oxygen atoms in total. The monoisotopic (exact) mass is 270 g/mol. The van der Waals surface area contributed by atoms with Gasteiger partial charge in [0.2, 0.25) is 0 Å². The van der Waals surface area contributed by atoms with E-state index in [2.05, 4.69) is 36.1 Å². The van der Waals surface area contributed by atoms with Crippen molar-refractivity contribution in [1.82, 2.24) is 9.97 Å². The van der Waals surface area contributed by atoms with Crippen LogP contribution in [0.1, 0.15) is 27.2 Å². The lowest BCUT2D eigenvalue weighted by Gasteiger charge is -2.17. The van der Waals surface area contributed by atoms with Crippen molar-refractivity contribution in [1.29, 1.82) is 0 Å². The molecule has 0 aliphatic carbocycles. The highest BCUT2D eigenvalue weighted by atomic mass is 15.1. The minimum atomic E-state index is 0.355. The maximum absolute atomic E-state index is 5.88. The summed E-state index contributed by atoms with van der Waals surface area (Å²) >= 11 is 0. The number of nitrogens with zero attached hydrogens (tertiary/aromatic N) is 2. The van der Waals surface area contributed by atoms with Crippen molar-refractivity contribution >= 4 is 11.6 Å². The molecule has 0 aliphatic rings. The quantitative estimate of drug-likeness (QED) is 0.871. The Bertz CT molecular complexity index is 552. The molecule has 0 fully saturated rings. The number of hydrogen-bond acceptors (Lipinski definition) is 4. The highest BCUT2D eigenvalue weighted by Gasteiger charge is 2.09. The molecule has 0 amide bonds. The largest absolute Gasteiger partial charge is 0.384 e. The summed E-state index contributed by atoms with van der Waals surface area (Å²) < 4.78 is 0. The topological polar surface area (TPSA) is 63.8 Å². The first-order valence-electron chi connectivity index (χ1n) is 7.01. The Kier molecular flexibility index (Phi) is 4.56. The summed E-state index contributed by atoms with van der Waals surface area (Å²) in [6.07, 6.45) is 1.09. The summed E-state index contributed by atoms with van der Waals surface area (Å²) in [4.78, 5) is 8.85. The predicted molar refractivity (Wildman–Crippen MR) is 84.4 cm³/mol. The number of anilines is 2. The molecule has 1 atom stereocenters. The number of nitrogen functional groups attached to an aromatic ring is 1. The number of nitrogens with one attached hydrogen (secondary N) is 1. The highest BCUT2D eigenvalue weighted by molar-refractivity contribution is 5.60. The van der Waals surface area contributed by atoms with E-state index in [-0.39, 0.29) is 0 Å². The highest BCUT2D eigenvalue weighted by Crippen LogP contribution is 2.19. The van der Waals surface area contributed by atoms with Crippen molar-refractivity contribution in [2.45, 2.75) is 33.2 Å². The normalized spacial score (nSPS) is 12.4. The molecule has 1 aromatic carbocycles. The molecule has 0 spiro atoms. The summed E-state index contributed by atoms with van der Waals surface area (Å²) in [6, 6.07) is 12.0. The molecule has 0 saturated carbocycles. The van der Waals surface area contributed by atoms with Gasteiger partial charge in [0.05, 0.1) is 0 Å². The van der Waals surface area contributed by atoms with Crippen LogP contribution < -0.4 is 11.1 Å². The minimum Gasteiger partial charge on any atom is -0.384 e. The van der Waals surface area contributed by atoms with Crippen LogP contribution in [0, 0.1) is 5.92 Å². The standard InChI is InChI=1S/C16H22N4/c1-11(2)9-12(3)18-15-10-14(17)19-16(20-15)13-7-5-4-6-8-13/h4-8,10-12H,9H2,1-3H3,(H3,17,18,19,20). The average Bonchev–Trinajstić information content (AvgIpc) is 2.38. The Morgan fingerprint density at radius 2 is 1.80 bits per heavy atom. The van der Waals surface area contributed by atoms with Crippen molar-refractivity contribution in [2.75, 3.05) is 11.1 Å². The van der Waals surface area contributed by atoms with Gasteiger partial charge in [-0.1, -0.05) is 44.2 Å². The van der Waals surface area contributed by atoms with Crippen molar-refractivity contribution in [2.24, 2.45) is 5.92 Å². The maximum atomic E-state index is 5.88. The molecule has 3 N–H and O–H groups in total. The molecular formula is C16H22N4. The first-order chi connectivity index (χ1) is 9.54. The second-order valence-corrected chi connectivity index (χ2v) is 5.54. The van der Waals surface area contributed by atoms with Crippen molar-refractivity contribution < 1.29 is 0 Å². The van der Waals surface area contributed by atoms with Gasteiger partial charge >= 0.3 is 0 Å². The molecule has 2 rings (SSSR count). The van der Waals surface area contributed by atoms with Crippen LogP contribution in [0.15, 0.2) is 36.4 Å². The van der Waals surface area contributed by atoms with Gasteiger partial charge in [0.15, 0.2) is 5.82 Å². The van der Waals surface area contributed by atoms with E-state index in [1.165, 1.54) is 0 Å². The van der Waals surface area contributed by atoms with Gasteiger partial charge < -0.3 is 11.1 Å². The Morgan fingerprint density at radius 3 is 2.45 bits per heavy atom. The zero-order valence-corrected chi connectivity index (χ0v) is 12.3. The van der Waals surface area contributed by atoms with Crippen LogP contribution in [0.3, 0.4) is 0 Å². The number of benzene rings is 1. The van der Waals surface area contributed by atoms with Gasteiger partial charge in [0.25, 0.3) is 0 Å². The van der Waals surface area contributed by atoms with Crippen LogP contribution in [0.4, 0.5) is 11.6 Å². The Hall–Kier alpha value is -2.10. The van der Waals surface area contributed by atoms with E-state index in [1.54, 1.807) is 6.07 Å². The lowest BCUT2D eigenvalue weighted by atomic mass is 10.1.